The quantitative estimate of drug-likeness (QED) is 0.678. The Morgan fingerprint density at radius 2 is 1.89 bits per heavy atom. The van der Waals surface area contributed by atoms with Crippen LogP contribution in [-0.4, -0.2) is 31.4 Å². The molecule has 0 aliphatic heterocycles. The Morgan fingerprint density at radius 3 is 2.53 bits per heavy atom. The van der Waals surface area contributed by atoms with E-state index >= 15 is 0 Å². The van der Waals surface area contributed by atoms with Gasteiger partial charge in [-0.25, -0.2) is 4.79 Å². The molecule has 0 fully saturated rings. The molecule has 0 bridgehead atoms. The Bertz CT molecular complexity index is 373. The average Bonchev–Trinajstić information content (AvgIpc) is 2.38. The summed E-state index contributed by atoms with van der Waals surface area (Å²) in [5, 5.41) is 0. The van der Waals surface area contributed by atoms with E-state index in [9.17, 15) is 4.79 Å². The van der Waals surface area contributed by atoms with Gasteiger partial charge < -0.3 is 14.2 Å². The first-order valence-corrected chi connectivity index (χ1v) is 6.45. The monoisotopic (exact) mass is 266 g/mol. The highest BCUT2D eigenvalue weighted by atomic mass is 16.6. The van der Waals surface area contributed by atoms with E-state index in [1.54, 1.807) is 6.92 Å². The molecule has 4 nitrogen and oxygen atoms in total. The fourth-order valence-corrected chi connectivity index (χ4v) is 1.49. The van der Waals surface area contributed by atoms with Gasteiger partial charge in [0.15, 0.2) is 0 Å². The van der Waals surface area contributed by atoms with Crippen molar-refractivity contribution in [2.45, 2.75) is 33.0 Å². The van der Waals surface area contributed by atoms with Crippen molar-refractivity contribution in [1.29, 1.82) is 0 Å². The molecule has 0 aliphatic rings. The molecule has 1 aromatic carbocycles. The number of carbonyl (C=O) groups is 1. The van der Waals surface area contributed by atoms with Crippen molar-refractivity contribution >= 4 is 5.97 Å². The van der Waals surface area contributed by atoms with E-state index in [-0.39, 0.29) is 12.6 Å². The molecule has 0 saturated carbocycles. The fourth-order valence-electron chi connectivity index (χ4n) is 1.49. The number of carbonyl (C=O) groups excluding carboxylic acids is 1. The maximum atomic E-state index is 11.2. The molecule has 0 amide bonds. The highest BCUT2D eigenvalue weighted by molar-refractivity contribution is 5.70. The van der Waals surface area contributed by atoms with Gasteiger partial charge >= 0.3 is 5.97 Å². The van der Waals surface area contributed by atoms with Gasteiger partial charge in [-0.2, -0.15) is 0 Å². The number of ether oxygens (including phenoxy) is 3. The van der Waals surface area contributed by atoms with E-state index in [1.165, 1.54) is 0 Å². The van der Waals surface area contributed by atoms with E-state index in [0.29, 0.717) is 19.8 Å². The molecule has 0 N–H and O–H groups in total. The predicted octanol–water partition coefficient (Wildman–Crippen LogP) is 2.56. The van der Waals surface area contributed by atoms with E-state index in [2.05, 4.69) is 0 Å². The first kappa shape index (κ1) is 15.7. The van der Waals surface area contributed by atoms with Crippen LogP contribution in [0.15, 0.2) is 30.3 Å². The van der Waals surface area contributed by atoms with Gasteiger partial charge in [-0.1, -0.05) is 30.3 Å². The molecule has 0 radical (unpaired) electrons. The molecule has 106 valence electrons. The Labute approximate surface area is 114 Å². The Kier molecular flexibility index (Phi) is 6.53. The Hall–Kier alpha value is -1.39. The van der Waals surface area contributed by atoms with E-state index < -0.39 is 5.60 Å². The summed E-state index contributed by atoms with van der Waals surface area (Å²) in [5.74, 6) is -0.348. The molecule has 0 atom stereocenters. The second-order valence-electron chi connectivity index (χ2n) is 4.83. The molecule has 0 spiro atoms. The second-order valence-corrected chi connectivity index (χ2v) is 4.83. The van der Waals surface area contributed by atoms with Crippen LogP contribution < -0.4 is 0 Å². The summed E-state index contributed by atoms with van der Waals surface area (Å²) < 4.78 is 15.9. The van der Waals surface area contributed by atoms with Crippen LogP contribution >= 0.6 is 0 Å². The zero-order valence-electron chi connectivity index (χ0n) is 11.8. The van der Waals surface area contributed by atoms with Gasteiger partial charge in [0.05, 0.1) is 25.4 Å². The number of hydrogen-bond acceptors (Lipinski definition) is 4. The first-order valence-electron chi connectivity index (χ1n) is 6.45. The summed E-state index contributed by atoms with van der Waals surface area (Å²) in [6, 6.07) is 9.93. The molecule has 19 heavy (non-hydrogen) atoms. The summed E-state index contributed by atoms with van der Waals surface area (Å²) in [4.78, 5) is 11.2. The summed E-state index contributed by atoms with van der Waals surface area (Å²) in [5.41, 5.74) is 0.602. The molecule has 1 aromatic rings. The normalized spacial score (nSPS) is 11.3. The number of benzene rings is 1. The highest BCUT2D eigenvalue weighted by Crippen LogP contribution is 2.11. The van der Waals surface area contributed by atoms with Gasteiger partial charge in [0.1, 0.15) is 6.61 Å². The van der Waals surface area contributed by atoms with Crippen molar-refractivity contribution in [3.8, 4) is 0 Å². The van der Waals surface area contributed by atoms with Crippen LogP contribution in [-0.2, 0) is 25.6 Å². The summed E-state index contributed by atoms with van der Waals surface area (Å²) in [6.45, 7) is 6.82. The van der Waals surface area contributed by atoms with Crippen molar-refractivity contribution in [1.82, 2.24) is 0 Å². The highest BCUT2D eigenvalue weighted by Gasteiger charge is 2.20. The molecule has 0 unspecified atom stereocenters. The Balaban J connectivity index is 2.24. The van der Waals surface area contributed by atoms with E-state index in [4.69, 9.17) is 14.2 Å². The number of rotatable bonds is 8. The van der Waals surface area contributed by atoms with Crippen molar-refractivity contribution in [3.05, 3.63) is 35.9 Å². The Morgan fingerprint density at radius 1 is 1.21 bits per heavy atom. The van der Waals surface area contributed by atoms with Crippen LogP contribution in [0.4, 0.5) is 0 Å². The van der Waals surface area contributed by atoms with Gasteiger partial charge in [0.25, 0.3) is 0 Å². The second kappa shape index (κ2) is 7.92. The first-order chi connectivity index (χ1) is 9.03. The summed E-state index contributed by atoms with van der Waals surface area (Å²) in [7, 11) is 0. The van der Waals surface area contributed by atoms with Crippen molar-refractivity contribution in [3.63, 3.8) is 0 Å². The van der Waals surface area contributed by atoms with Crippen LogP contribution in [0.1, 0.15) is 26.3 Å². The lowest BCUT2D eigenvalue weighted by Crippen LogP contribution is -2.33. The lowest BCUT2D eigenvalue weighted by Gasteiger charge is -2.24. The maximum absolute atomic E-state index is 11.2. The van der Waals surface area contributed by atoms with Crippen molar-refractivity contribution in [2.24, 2.45) is 0 Å². The van der Waals surface area contributed by atoms with Crippen LogP contribution in [0.3, 0.4) is 0 Å². The van der Waals surface area contributed by atoms with Crippen LogP contribution in [0.5, 0.6) is 0 Å². The lowest BCUT2D eigenvalue weighted by molar-refractivity contribution is -0.157. The smallest absolute Gasteiger partial charge is 0.332 e. The molecule has 0 saturated heterocycles. The number of hydrogen-bond donors (Lipinski definition) is 0. The minimum Gasteiger partial charge on any atom is -0.464 e. The van der Waals surface area contributed by atoms with E-state index in [1.807, 2.05) is 44.2 Å². The van der Waals surface area contributed by atoms with Gasteiger partial charge in [-0.15, -0.1) is 0 Å². The molecule has 0 heterocycles. The SMILES string of the molecule is CCOC(=O)COC(C)(C)COCc1ccccc1. The van der Waals surface area contributed by atoms with E-state index in [0.717, 1.165) is 5.56 Å². The third kappa shape index (κ3) is 6.94. The zero-order chi connectivity index (χ0) is 14.1. The predicted molar refractivity (Wildman–Crippen MR) is 72.8 cm³/mol. The van der Waals surface area contributed by atoms with Gasteiger partial charge in [0, 0.05) is 0 Å². The van der Waals surface area contributed by atoms with Gasteiger partial charge in [-0.3, -0.25) is 0 Å². The molecule has 0 aromatic heterocycles. The number of esters is 1. The molecular weight excluding hydrogens is 244 g/mol. The van der Waals surface area contributed by atoms with Crippen molar-refractivity contribution in [2.75, 3.05) is 19.8 Å². The third-order valence-electron chi connectivity index (χ3n) is 2.45. The minimum absolute atomic E-state index is 0.0461. The van der Waals surface area contributed by atoms with Gasteiger partial charge in [-0.05, 0) is 26.3 Å². The molecular formula is C15H22O4. The summed E-state index contributed by atoms with van der Waals surface area (Å²) >= 11 is 0. The fraction of sp³-hybridized carbons (Fsp3) is 0.533. The summed E-state index contributed by atoms with van der Waals surface area (Å²) in [6.07, 6.45) is 0. The van der Waals surface area contributed by atoms with Crippen LogP contribution in [0.25, 0.3) is 0 Å². The lowest BCUT2D eigenvalue weighted by atomic mass is 10.1. The van der Waals surface area contributed by atoms with Crippen molar-refractivity contribution < 1.29 is 19.0 Å². The zero-order valence-corrected chi connectivity index (χ0v) is 11.8. The largest absolute Gasteiger partial charge is 0.464 e. The molecule has 1 rings (SSSR count). The standard InChI is InChI=1S/C15H22O4/c1-4-18-14(16)11-19-15(2,3)12-17-10-13-8-6-5-7-9-13/h5-9H,4,10-12H2,1-3H3. The van der Waals surface area contributed by atoms with Crippen LogP contribution in [0, 0.1) is 0 Å². The average molecular weight is 266 g/mol. The molecule has 4 heteroatoms. The van der Waals surface area contributed by atoms with Gasteiger partial charge in [0.2, 0.25) is 0 Å². The minimum atomic E-state index is -0.512. The topological polar surface area (TPSA) is 44.8 Å². The third-order valence-corrected chi connectivity index (χ3v) is 2.45. The van der Waals surface area contributed by atoms with Crippen LogP contribution in [0.2, 0.25) is 0 Å². The molecule has 0 aliphatic carbocycles. The maximum Gasteiger partial charge on any atom is 0.332 e.